The van der Waals surface area contributed by atoms with E-state index in [9.17, 15) is 14.7 Å². The Morgan fingerprint density at radius 1 is 1.32 bits per heavy atom. The largest absolute Gasteiger partial charge is 0.458 e. The van der Waals surface area contributed by atoms with Gasteiger partial charge in [-0.25, -0.2) is 4.98 Å². The number of allylic oxidation sites excluding steroid dienone is 2. The quantitative estimate of drug-likeness (QED) is 0.621. The van der Waals surface area contributed by atoms with Gasteiger partial charge in [-0.2, -0.15) is 0 Å². The molecule has 0 aromatic carbocycles. The van der Waals surface area contributed by atoms with E-state index in [-0.39, 0.29) is 18.3 Å². The number of carbonyl (C=O) groups excluding carboxylic acids is 2. The predicted octanol–water partition coefficient (Wildman–Crippen LogP) is 3.34. The molecule has 0 spiro atoms. The number of aliphatic hydroxyl groups excluding tert-OH is 1. The van der Waals surface area contributed by atoms with Gasteiger partial charge in [0.25, 0.3) is 0 Å². The molecule has 2 N–H and O–H groups in total. The van der Waals surface area contributed by atoms with Crippen LogP contribution in [0.3, 0.4) is 0 Å². The second-order valence-corrected chi connectivity index (χ2v) is 5.69. The molecule has 2 aromatic heterocycles. The van der Waals surface area contributed by atoms with Crippen molar-refractivity contribution in [1.82, 2.24) is 4.98 Å². The molecule has 6 nitrogen and oxygen atoms in total. The lowest BCUT2D eigenvalue weighted by Gasteiger charge is -2.09. The van der Waals surface area contributed by atoms with E-state index in [1.54, 1.807) is 24.4 Å². The van der Waals surface area contributed by atoms with Crippen LogP contribution in [0.4, 0.5) is 5.82 Å². The number of anilines is 1. The summed E-state index contributed by atoms with van der Waals surface area (Å²) in [5.74, 6) is 0.613. The first-order valence-corrected chi connectivity index (χ1v) is 7.68. The number of aliphatic hydroxyl groups is 1. The standard InChI is InChI=1S/C19H20N2O4/c1-11(2)7-17(14-5-6-20-18(8-14)21-13(4)24)19-16(12(3)23)9-15(10-22)25-19/h5-9,22H,1,10H2,2-4H3,(H,20,21,24)/b17-7-. The van der Waals surface area contributed by atoms with E-state index in [2.05, 4.69) is 16.9 Å². The van der Waals surface area contributed by atoms with E-state index >= 15 is 0 Å². The Morgan fingerprint density at radius 3 is 2.60 bits per heavy atom. The van der Waals surface area contributed by atoms with Crippen LogP contribution in [0.15, 0.2) is 47.0 Å². The topological polar surface area (TPSA) is 92.4 Å². The monoisotopic (exact) mass is 340 g/mol. The molecule has 2 aromatic rings. The van der Waals surface area contributed by atoms with Crippen molar-refractivity contribution in [2.45, 2.75) is 27.4 Å². The molecule has 0 aliphatic rings. The van der Waals surface area contributed by atoms with Crippen LogP contribution in [0.5, 0.6) is 0 Å². The van der Waals surface area contributed by atoms with Crippen LogP contribution in [-0.4, -0.2) is 21.8 Å². The molecule has 130 valence electrons. The molecule has 0 unspecified atom stereocenters. The lowest BCUT2D eigenvalue weighted by Crippen LogP contribution is -2.07. The Kier molecular flexibility index (Phi) is 5.67. The fourth-order valence-electron chi connectivity index (χ4n) is 2.35. The third-order valence-corrected chi connectivity index (χ3v) is 3.33. The first kappa shape index (κ1) is 18.4. The van der Waals surface area contributed by atoms with E-state index in [4.69, 9.17) is 4.42 Å². The second-order valence-electron chi connectivity index (χ2n) is 5.69. The lowest BCUT2D eigenvalue weighted by molar-refractivity contribution is -0.114. The molecule has 0 radical (unpaired) electrons. The van der Waals surface area contributed by atoms with Gasteiger partial charge >= 0.3 is 0 Å². The van der Waals surface area contributed by atoms with Crippen LogP contribution in [0.25, 0.3) is 5.57 Å². The van der Waals surface area contributed by atoms with E-state index in [0.717, 1.165) is 5.57 Å². The number of hydrogen-bond donors (Lipinski definition) is 2. The number of nitrogens with zero attached hydrogens (tertiary/aromatic N) is 1. The zero-order valence-corrected chi connectivity index (χ0v) is 14.4. The SMILES string of the molecule is C=C(C)/C=C(/c1ccnc(NC(C)=O)c1)c1oc(CO)cc1C(C)=O. The number of hydrogen-bond acceptors (Lipinski definition) is 5. The van der Waals surface area contributed by atoms with Gasteiger partial charge in [-0.1, -0.05) is 12.2 Å². The van der Waals surface area contributed by atoms with Crippen molar-refractivity contribution in [2.24, 2.45) is 0 Å². The number of amides is 1. The highest BCUT2D eigenvalue weighted by molar-refractivity contribution is 6.00. The Balaban J connectivity index is 2.63. The summed E-state index contributed by atoms with van der Waals surface area (Å²) in [5.41, 5.74) is 2.44. The highest BCUT2D eigenvalue weighted by Gasteiger charge is 2.20. The number of rotatable bonds is 6. The summed E-state index contributed by atoms with van der Waals surface area (Å²) in [4.78, 5) is 27.3. The van der Waals surface area contributed by atoms with Gasteiger partial charge in [0, 0.05) is 18.7 Å². The van der Waals surface area contributed by atoms with E-state index in [1.807, 2.05) is 6.92 Å². The summed E-state index contributed by atoms with van der Waals surface area (Å²) < 4.78 is 5.68. The lowest BCUT2D eigenvalue weighted by atomic mass is 9.98. The zero-order valence-electron chi connectivity index (χ0n) is 14.4. The van der Waals surface area contributed by atoms with Crippen molar-refractivity contribution >= 4 is 23.1 Å². The number of furan rings is 1. The minimum atomic E-state index is -0.311. The Labute approximate surface area is 145 Å². The molecule has 25 heavy (non-hydrogen) atoms. The Hall–Kier alpha value is -2.99. The van der Waals surface area contributed by atoms with Crippen molar-refractivity contribution in [2.75, 3.05) is 5.32 Å². The summed E-state index contributed by atoms with van der Waals surface area (Å²) in [6.07, 6.45) is 3.33. The third kappa shape index (κ3) is 4.51. The minimum absolute atomic E-state index is 0.179. The second kappa shape index (κ2) is 7.72. The molecule has 2 heterocycles. The van der Waals surface area contributed by atoms with Gasteiger partial charge in [-0.3, -0.25) is 9.59 Å². The Morgan fingerprint density at radius 2 is 2.04 bits per heavy atom. The number of carbonyl (C=O) groups is 2. The van der Waals surface area contributed by atoms with Gasteiger partial charge in [0.05, 0.1) is 5.56 Å². The van der Waals surface area contributed by atoms with Crippen LogP contribution >= 0.6 is 0 Å². The van der Waals surface area contributed by atoms with E-state index < -0.39 is 0 Å². The number of pyridine rings is 1. The molecule has 0 saturated heterocycles. The normalized spacial score (nSPS) is 11.3. The summed E-state index contributed by atoms with van der Waals surface area (Å²) in [5, 5.41) is 12.0. The number of Topliss-reactive ketones (excluding diaryl/α,β-unsaturated/α-hetero) is 1. The summed E-state index contributed by atoms with van der Waals surface area (Å²) in [6.45, 7) is 8.22. The third-order valence-electron chi connectivity index (χ3n) is 3.33. The van der Waals surface area contributed by atoms with Gasteiger partial charge in [-0.15, -0.1) is 0 Å². The average Bonchev–Trinajstić information content (AvgIpc) is 2.96. The Bertz CT molecular complexity index is 862. The maximum Gasteiger partial charge on any atom is 0.222 e. The molecule has 2 rings (SSSR count). The summed E-state index contributed by atoms with van der Waals surface area (Å²) in [6, 6.07) is 4.95. The van der Waals surface area contributed by atoms with E-state index in [1.165, 1.54) is 19.9 Å². The highest BCUT2D eigenvalue weighted by atomic mass is 16.4. The number of aromatic nitrogens is 1. The molecular weight excluding hydrogens is 320 g/mol. The molecule has 1 amide bonds. The molecule has 0 aliphatic carbocycles. The predicted molar refractivity (Wildman–Crippen MR) is 95.1 cm³/mol. The van der Waals surface area contributed by atoms with Crippen LogP contribution in [-0.2, 0) is 11.4 Å². The molecule has 0 fully saturated rings. The maximum absolute atomic E-state index is 12.0. The molecule has 0 atom stereocenters. The maximum atomic E-state index is 12.0. The fraction of sp³-hybridized carbons (Fsp3) is 0.211. The first-order valence-electron chi connectivity index (χ1n) is 7.68. The van der Waals surface area contributed by atoms with Gasteiger partial charge in [0.1, 0.15) is 23.9 Å². The fourth-order valence-corrected chi connectivity index (χ4v) is 2.35. The molecule has 6 heteroatoms. The van der Waals surface area contributed by atoms with Crippen LogP contribution in [0.2, 0.25) is 0 Å². The van der Waals surface area contributed by atoms with Crippen molar-refractivity contribution in [1.29, 1.82) is 0 Å². The van der Waals surface area contributed by atoms with Gasteiger partial charge in [0.15, 0.2) is 5.78 Å². The van der Waals surface area contributed by atoms with Crippen LogP contribution < -0.4 is 5.32 Å². The first-order chi connectivity index (χ1) is 11.8. The molecule has 0 aliphatic heterocycles. The summed E-state index contributed by atoms with van der Waals surface area (Å²) >= 11 is 0. The number of nitrogens with one attached hydrogen (secondary N) is 1. The van der Waals surface area contributed by atoms with Gasteiger partial charge < -0.3 is 14.8 Å². The average molecular weight is 340 g/mol. The molecular formula is C19H20N2O4. The molecule has 0 bridgehead atoms. The molecule has 0 saturated carbocycles. The van der Waals surface area contributed by atoms with Crippen LogP contribution in [0.1, 0.15) is 48.2 Å². The highest BCUT2D eigenvalue weighted by Crippen LogP contribution is 2.31. The van der Waals surface area contributed by atoms with Gasteiger partial charge in [0.2, 0.25) is 5.91 Å². The van der Waals surface area contributed by atoms with E-state index in [0.29, 0.717) is 34.0 Å². The van der Waals surface area contributed by atoms with Crippen LogP contribution in [0, 0.1) is 0 Å². The zero-order chi connectivity index (χ0) is 18.6. The summed E-state index contributed by atoms with van der Waals surface area (Å²) in [7, 11) is 0. The van der Waals surface area contributed by atoms with Crippen molar-refractivity contribution in [3.63, 3.8) is 0 Å². The van der Waals surface area contributed by atoms with Crippen molar-refractivity contribution < 1.29 is 19.1 Å². The number of ketones is 1. The van der Waals surface area contributed by atoms with Gasteiger partial charge in [-0.05, 0) is 43.7 Å². The van der Waals surface area contributed by atoms with Crippen molar-refractivity contribution in [3.05, 3.63) is 65.3 Å². The smallest absolute Gasteiger partial charge is 0.222 e. The van der Waals surface area contributed by atoms with Crippen molar-refractivity contribution in [3.8, 4) is 0 Å². The minimum Gasteiger partial charge on any atom is -0.458 e.